The largest absolute Gasteiger partial charge is 0.456 e. The molecule has 0 aliphatic rings. The lowest BCUT2D eigenvalue weighted by Crippen LogP contribution is -1.89. The molecule has 0 spiro atoms. The summed E-state index contributed by atoms with van der Waals surface area (Å²) in [6.07, 6.45) is 0. The van der Waals surface area contributed by atoms with Gasteiger partial charge in [0.1, 0.15) is 11.5 Å². The fourth-order valence-corrected chi connectivity index (χ4v) is 2.37. The molecule has 2 N–H and O–H groups in total. The van der Waals surface area contributed by atoms with Gasteiger partial charge in [0.15, 0.2) is 0 Å². The third kappa shape index (κ3) is 3.03. The van der Waals surface area contributed by atoms with Crippen molar-refractivity contribution in [2.45, 2.75) is 0 Å². The van der Waals surface area contributed by atoms with Crippen LogP contribution in [-0.4, -0.2) is 0 Å². The minimum Gasteiger partial charge on any atom is -0.456 e. The number of anilines is 1. The van der Waals surface area contributed by atoms with Crippen LogP contribution in [0.1, 0.15) is 5.56 Å². The van der Waals surface area contributed by atoms with Crippen LogP contribution in [-0.2, 0) is 0 Å². The van der Waals surface area contributed by atoms with E-state index in [0.717, 1.165) is 8.95 Å². The molecular weight excluding hydrogens is 360 g/mol. The Bertz CT molecular complexity index is 615. The van der Waals surface area contributed by atoms with Gasteiger partial charge in [-0.25, -0.2) is 0 Å². The van der Waals surface area contributed by atoms with E-state index in [-0.39, 0.29) is 0 Å². The Kier molecular flexibility index (Phi) is 3.90. The second-order valence-electron chi connectivity index (χ2n) is 3.58. The lowest BCUT2D eigenvalue weighted by molar-refractivity contribution is 0.479. The van der Waals surface area contributed by atoms with E-state index in [1.165, 1.54) is 0 Å². The van der Waals surface area contributed by atoms with Crippen molar-refractivity contribution in [2.24, 2.45) is 0 Å². The number of halogens is 2. The van der Waals surface area contributed by atoms with Crippen LogP contribution in [0.3, 0.4) is 0 Å². The summed E-state index contributed by atoms with van der Waals surface area (Å²) in [7, 11) is 0. The van der Waals surface area contributed by atoms with Gasteiger partial charge in [0.2, 0.25) is 0 Å². The maximum Gasteiger partial charge on any atom is 0.141 e. The fourth-order valence-electron chi connectivity index (χ4n) is 1.42. The van der Waals surface area contributed by atoms with Gasteiger partial charge in [0, 0.05) is 16.2 Å². The molecule has 2 aromatic rings. The Morgan fingerprint density at radius 1 is 1.11 bits per heavy atom. The lowest BCUT2D eigenvalue weighted by Gasteiger charge is -2.09. The molecule has 0 saturated carbocycles. The Hall–Kier alpha value is -1.51. The van der Waals surface area contributed by atoms with Crippen LogP contribution in [0.15, 0.2) is 45.3 Å². The summed E-state index contributed by atoms with van der Waals surface area (Å²) in [6.45, 7) is 0. The second-order valence-corrected chi connectivity index (χ2v) is 5.35. The van der Waals surface area contributed by atoms with Crippen molar-refractivity contribution in [2.75, 3.05) is 5.73 Å². The predicted octanol–water partition coefficient (Wildman–Crippen LogP) is 4.46. The number of benzene rings is 2. The average Bonchev–Trinajstić information content (AvgIpc) is 2.30. The minimum atomic E-state index is 0.572. The minimum absolute atomic E-state index is 0.572. The first kappa shape index (κ1) is 12.9. The molecule has 2 aromatic carbocycles. The van der Waals surface area contributed by atoms with Crippen LogP contribution >= 0.6 is 31.9 Å². The standard InChI is InChI=1S/C13H8Br2N2O/c14-9-4-10(17)6-11(5-9)18-13-2-1-8(7-16)3-12(13)15/h1-6H,17H2. The highest BCUT2D eigenvalue weighted by atomic mass is 79.9. The third-order valence-electron chi connectivity index (χ3n) is 2.18. The summed E-state index contributed by atoms with van der Waals surface area (Å²) in [5.74, 6) is 1.26. The van der Waals surface area contributed by atoms with Gasteiger partial charge in [-0.1, -0.05) is 15.9 Å². The van der Waals surface area contributed by atoms with E-state index in [2.05, 4.69) is 37.9 Å². The summed E-state index contributed by atoms with van der Waals surface area (Å²) >= 11 is 6.72. The van der Waals surface area contributed by atoms with Gasteiger partial charge in [0.05, 0.1) is 16.1 Å². The molecule has 18 heavy (non-hydrogen) atoms. The average molecular weight is 368 g/mol. The molecule has 0 atom stereocenters. The van der Waals surface area contributed by atoms with Gasteiger partial charge in [-0.2, -0.15) is 5.26 Å². The van der Waals surface area contributed by atoms with Crippen molar-refractivity contribution >= 4 is 37.5 Å². The molecule has 0 unspecified atom stereocenters. The Balaban J connectivity index is 2.31. The van der Waals surface area contributed by atoms with E-state index in [1.54, 1.807) is 30.3 Å². The molecule has 0 bridgehead atoms. The zero-order valence-corrected chi connectivity index (χ0v) is 12.3. The molecule has 3 nitrogen and oxygen atoms in total. The molecule has 5 heteroatoms. The van der Waals surface area contributed by atoms with Crippen LogP contribution in [0.4, 0.5) is 5.69 Å². The lowest BCUT2D eigenvalue weighted by atomic mass is 10.2. The highest BCUT2D eigenvalue weighted by Gasteiger charge is 2.05. The molecule has 90 valence electrons. The molecular formula is C13H8Br2N2O. The Morgan fingerprint density at radius 3 is 2.50 bits per heavy atom. The number of nitrogen functional groups attached to an aromatic ring is 1. The SMILES string of the molecule is N#Cc1ccc(Oc2cc(N)cc(Br)c2)c(Br)c1. The molecule has 0 radical (unpaired) electrons. The molecule has 0 heterocycles. The van der Waals surface area contributed by atoms with Crippen molar-refractivity contribution in [1.29, 1.82) is 5.26 Å². The second kappa shape index (κ2) is 5.42. The number of nitrogens with two attached hydrogens (primary N) is 1. The van der Waals surface area contributed by atoms with E-state index >= 15 is 0 Å². The maximum absolute atomic E-state index is 8.78. The van der Waals surface area contributed by atoms with Crippen molar-refractivity contribution in [3.05, 3.63) is 50.9 Å². The normalized spacial score (nSPS) is 9.83. The van der Waals surface area contributed by atoms with Crippen LogP contribution in [0.25, 0.3) is 0 Å². The van der Waals surface area contributed by atoms with Crippen molar-refractivity contribution < 1.29 is 4.74 Å². The van der Waals surface area contributed by atoms with Crippen molar-refractivity contribution in [3.63, 3.8) is 0 Å². The molecule has 0 saturated heterocycles. The van der Waals surface area contributed by atoms with Gasteiger partial charge < -0.3 is 10.5 Å². The monoisotopic (exact) mass is 366 g/mol. The summed E-state index contributed by atoms with van der Waals surface area (Å²) < 4.78 is 7.28. The van der Waals surface area contributed by atoms with Crippen LogP contribution < -0.4 is 10.5 Å². The number of hydrogen-bond acceptors (Lipinski definition) is 3. The van der Waals surface area contributed by atoms with Crippen LogP contribution in [0.5, 0.6) is 11.5 Å². The van der Waals surface area contributed by atoms with E-state index in [9.17, 15) is 0 Å². The smallest absolute Gasteiger partial charge is 0.141 e. The number of ether oxygens (including phenoxy) is 1. The molecule has 0 fully saturated rings. The van der Waals surface area contributed by atoms with Gasteiger partial charge in [-0.3, -0.25) is 0 Å². The maximum atomic E-state index is 8.78. The zero-order valence-electron chi connectivity index (χ0n) is 9.15. The Labute approximate surface area is 121 Å². The first-order chi connectivity index (χ1) is 8.58. The first-order valence-electron chi connectivity index (χ1n) is 5.02. The van der Waals surface area contributed by atoms with Gasteiger partial charge in [-0.15, -0.1) is 0 Å². The number of nitriles is 1. The predicted molar refractivity (Wildman–Crippen MR) is 77.5 cm³/mol. The van der Waals surface area contributed by atoms with Crippen LogP contribution in [0, 0.1) is 11.3 Å². The van der Waals surface area contributed by atoms with Crippen molar-refractivity contribution in [1.82, 2.24) is 0 Å². The molecule has 0 aliphatic heterocycles. The topological polar surface area (TPSA) is 59.0 Å². The van der Waals surface area contributed by atoms with E-state index < -0.39 is 0 Å². The summed E-state index contributed by atoms with van der Waals surface area (Å²) in [4.78, 5) is 0. The molecule has 0 aromatic heterocycles. The van der Waals surface area contributed by atoms with E-state index in [4.69, 9.17) is 15.7 Å². The summed E-state index contributed by atoms with van der Waals surface area (Å²) in [5.41, 5.74) is 6.92. The third-order valence-corrected chi connectivity index (χ3v) is 3.26. The molecule has 0 amide bonds. The van der Waals surface area contributed by atoms with E-state index in [0.29, 0.717) is 22.7 Å². The quantitative estimate of drug-likeness (QED) is 0.797. The zero-order chi connectivity index (χ0) is 13.1. The van der Waals surface area contributed by atoms with E-state index in [1.807, 2.05) is 6.07 Å². The molecule has 2 rings (SSSR count). The highest BCUT2D eigenvalue weighted by Crippen LogP contribution is 2.32. The summed E-state index contributed by atoms with van der Waals surface area (Å²) in [5, 5.41) is 8.78. The Morgan fingerprint density at radius 2 is 1.89 bits per heavy atom. The van der Waals surface area contributed by atoms with Gasteiger partial charge in [-0.05, 0) is 46.3 Å². The number of rotatable bonds is 2. The number of nitrogens with zero attached hydrogens (tertiary/aromatic N) is 1. The fraction of sp³-hybridized carbons (Fsp3) is 0. The number of hydrogen-bond donors (Lipinski definition) is 1. The van der Waals surface area contributed by atoms with Crippen molar-refractivity contribution in [3.8, 4) is 17.6 Å². The summed E-state index contributed by atoms with van der Waals surface area (Å²) in [6, 6.07) is 12.5. The highest BCUT2D eigenvalue weighted by molar-refractivity contribution is 9.10. The van der Waals surface area contributed by atoms with Crippen LogP contribution in [0.2, 0.25) is 0 Å². The van der Waals surface area contributed by atoms with Gasteiger partial charge in [0.25, 0.3) is 0 Å². The first-order valence-corrected chi connectivity index (χ1v) is 6.60. The van der Waals surface area contributed by atoms with Gasteiger partial charge >= 0.3 is 0 Å². The molecule has 0 aliphatic carbocycles.